The van der Waals surface area contributed by atoms with E-state index in [9.17, 15) is 14.4 Å². The minimum absolute atomic E-state index is 0.166. The van der Waals surface area contributed by atoms with Crippen LogP contribution in [0.25, 0.3) is 0 Å². The third-order valence-electron chi connectivity index (χ3n) is 4.49. The lowest BCUT2D eigenvalue weighted by Gasteiger charge is -2.33. The van der Waals surface area contributed by atoms with Gasteiger partial charge in [-0.3, -0.25) is 0 Å². The van der Waals surface area contributed by atoms with Crippen LogP contribution < -0.4 is 15.5 Å². The van der Waals surface area contributed by atoms with Crippen molar-refractivity contribution in [1.29, 1.82) is 5.26 Å². The molecule has 134 valence electrons. The van der Waals surface area contributed by atoms with Gasteiger partial charge in [0.1, 0.15) is 17.7 Å². The number of halogens is 1. The van der Waals surface area contributed by atoms with Gasteiger partial charge in [0.25, 0.3) is 0 Å². The highest BCUT2D eigenvalue weighted by Gasteiger charge is 2.22. The predicted molar refractivity (Wildman–Crippen MR) is 97.3 cm³/mol. The standard InChI is InChI=1S/C19H20FN5O/c20-16-5-1-2-6-17(16)24-19(26)23-13-14-7-10-25(11-8-14)18-15(12-21)4-3-9-22-18/h1-6,9,14H,7-8,10-11,13H2,(H2,23,24,26). The average molecular weight is 353 g/mol. The molecule has 3 rings (SSSR count). The summed E-state index contributed by atoms with van der Waals surface area (Å²) in [6, 6.07) is 11.4. The number of hydrogen-bond donors (Lipinski definition) is 2. The number of pyridine rings is 1. The summed E-state index contributed by atoms with van der Waals surface area (Å²) in [4.78, 5) is 18.4. The third-order valence-corrected chi connectivity index (χ3v) is 4.49. The van der Waals surface area contributed by atoms with Gasteiger partial charge in [-0.15, -0.1) is 0 Å². The second-order valence-electron chi connectivity index (χ2n) is 6.23. The second-order valence-corrected chi connectivity index (χ2v) is 6.23. The van der Waals surface area contributed by atoms with Gasteiger partial charge in [0, 0.05) is 25.8 Å². The van der Waals surface area contributed by atoms with Crippen LogP contribution in [0.4, 0.5) is 20.7 Å². The molecule has 1 aromatic carbocycles. The number of para-hydroxylation sites is 1. The number of nitrogens with zero attached hydrogens (tertiary/aromatic N) is 3. The molecule has 0 atom stereocenters. The van der Waals surface area contributed by atoms with E-state index in [0.29, 0.717) is 18.0 Å². The van der Waals surface area contributed by atoms with Crippen LogP contribution in [0.2, 0.25) is 0 Å². The topological polar surface area (TPSA) is 81.1 Å². The van der Waals surface area contributed by atoms with Gasteiger partial charge in [-0.25, -0.2) is 14.2 Å². The maximum absolute atomic E-state index is 13.5. The monoisotopic (exact) mass is 353 g/mol. The lowest BCUT2D eigenvalue weighted by Crippen LogP contribution is -2.40. The first kappa shape index (κ1) is 17.7. The van der Waals surface area contributed by atoms with Crippen LogP contribution in [0.5, 0.6) is 0 Å². The van der Waals surface area contributed by atoms with E-state index in [1.54, 1.807) is 30.5 Å². The summed E-state index contributed by atoms with van der Waals surface area (Å²) in [5.74, 6) is 0.602. The van der Waals surface area contributed by atoms with E-state index in [1.165, 1.54) is 12.1 Å². The quantitative estimate of drug-likeness (QED) is 0.885. The summed E-state index contributed by atoms with van der Waals surface area (Å²) in [6.07, 6.45) is 3.47. The van der Waals surface area contributed by atoms with Crippen LogP contribution in [0.1, 0.15) is 18.4 Å². The molecule has 26 heavy (non-hydrogen) atoms. The molecular weight excluding hydrogens is 333 g/mol. The van der Waals surface area contributed by atoms with Crippen LogP contribution in [-0.2, 0) is 0 Å². The number of amides is 2. The minimum atomic E-state index is -0.459. The Morgan fingerprint density at radius 1 is 1.27 bits per heavy atom. The van der Waals surface area contributed by atoms with E-state index < -0.39 is 11.8 Å². The normalized spacial score (nSPS) is 14.5. The summed E-state index contributed by atoms with van der Waals surface area (Å²) >= 11 is 0. The van der Waals surface area contributed by atoms with E-state index >= 15 is 0 Å². The van der Waals surface area contributed by atoms with Crippen molar-refractivity contribution in [3.8, 4) is 6.07 Å². The molecule has 1 aliphatic rings. The van der Waals surface area contributed by atoms with Crippen molar-refractivity contribution >= 4 is 17.5 Å². The van der Waals surface area contributed by atoms with Gasteiger partial charge in [-0.2, -0.15) is 5.26 Å². The van der Waals surface area contributed by atoms with Crippen LogP contribution in [0, 0.1) is 23.1 Å². The summed E-state index contributed by atoms with van der Waals surface area (Å²) in [6.45, 7) is 2.10. The maximum atomic E-state index is 13.5. The van der Waals surface area contributed by atoms with Crippen LogP contribution >= 0.6 is 0 Å². The zero-order valence-corrected chi connectivity index (χ0v) is 14.3. The van der Waals surface area contributed by atoms with Crippen molar-refractivity contribution < 1.29 is 9.18 Å². The molecule has 7 heteroatoms. The molecule has 2 aromatic rings. The number of carbonyl (C=O) groups is 1. The van der Waals surface area contributed by atoms with Crippen molar-refractivity contribution in [2.45, 2.75) is 12.8 Å². The summed E-state index contributed by atoms with van der Waals surface area (Å²) in [5.41, 5.74) is 0.743. The average Bonchev–Trinajstić information content (AvgIpc) is 2.68. The number of carbonyl (C=O) groups excluding carboxylic acids is 1. The van der Waals surface area contributed by atoms with Gasteiger partial charge >= 0.3 is 6.03 Å². The molecule has 1 aromatic heterocycles. The smallest absolute Gasteiger partial charge is 0.319 e. The highest BCUT2D eigenvalue weighted by atomic mass is 19.1. The summed E-state index contributed by atoms with van der Waals surface area (Å²) in [7, 11) is 0. The molecule has 1 aliphatic heterocycles. The van der Waals surface area contributed by atoms with E-state index in [4.69, 9.17) is 0 Å². The van der Waals surface area contributed by atoms with Crippen LogP contribution in [-0.4, -0.2) is 30.6 Å². The van der Waals surface area contributed by atoms with E-state index in [2.05, 4.69) is 26.6 Å². The number of rotatable bonds is 4. The number of piperidine rings is 1. The Bertz CT molecular complexity index is 812. The number of benzene rings is 1. The van der Waals surface area contributed by atoms with E-state index in [0.717, 1.165) is 31.7 Å². The molecule has 0 spiro atoms. The van der Waals surface area contributed by atoms with Gasteiger partial charge in [-0.05, 0) is 43.0 Å². The van der Waals surface area contributed by atoms with Gasteiger partial charge in [-0.1, -0.05) is 12.1 Å². The Labute approximate surface area is 151 Å². The summed E-state index contributed by atoms with van der Waals surface area (Å²) in [5, 5.41) is 14.5. The van der Waals surface area contributed by atoms with Crippen molar-refractivity contribution in [2.24, 2.45) is 5.92 Å². The van der Waals surface area contributed by atoms with Gasteiger partial charge < -0.3 is 15.5 Å². The highest BCUT2D eigenvalue weighted by Crippen LogP contribution is 2.23. The van der Waals surface area contributed by atoms with Gasteiger partial charge in [0.05, 0.1) is 11.3 Å². The Morgan fingerprint density at radius 3 is 2.77 bits per heavy atom. The number of urea groups is 1. The lowest BCUT2D eigenvalue weighted by atomic mass is 9.96. The minimum Gasteiger partial charge on any atom is -0.356 e. The number of nitriles is 1. The molecule has 0 aliphatic carbocycles. The van der Waals surface area contributed by atoms with Gasteiger partial charge in [0.2, 0.25) is 0 Å². The molecule has 2 heterocycles. The van der Waals surface area contributed by atoms with Crippen molar-refractivity contribution in [1.82, 2.24) is 10.3 Å². The van der Waals surface area contributed by atoms with Gasteiger partial charge in [0.15, 0.2) is 0 Å². The maximum Gasteiger partial charge on any atom is 0.319 e. The van der Waals surface area contributed by atoms with E-state index in [-0.39, 0.29) is 5.69 Å². The molecular formula is C19H20FN5O. The Hall–Kier alpha value is -3.14. The van der Waals surface area contributed by atoms with Crippen LogP contribution in [0.15, 0.2) is 42.6 Å². The number of aromatic nitrogens is 1. The van der Waals surface area contributed by atoms with E-state index in [1.807, 2.05) is 0 Å². The molecule has 6 nitrogen and oxygen atoms in total. The third kappa shape index (κ3) is 4.28. The van der Waals surface area contributed by atoms with Crippen molar-refractivity contribution in [2.75, 3.05) is 29.9 Å². The largest absolute Gasteiger partial charge is 0.356 e. The molecule has 2 N–H and O–H groups in total. The number of nitrogens with one attached hydrogen (secondary N) is 2. The fraction of sp³-hybridized carbons (Fsp3) is 0.316. The highest BCUT2D eigenvalue weighted by molar-refractivity contribution is 5.89. The number of anilines is 2. The lowest BCUT2D eigenvalue weighted by molar-refractivity contribution is 0.248. The Morgan fingerprint density at radius 2 is 2.04 bits per heavy atom. The molecule has 0 saturated carbocycles. The first-order chi connectivity index (χ1) is 12.7. The fourth-order valence-corrected chi connectivity index (χ4v) is 3.05. The summed E-state index contributed by atoms with van der Waals surface area (Å²) < 4.78 is 13.5. The SMILES string of the molecule is N#Cc1cccnc1N1CCC(CNC(=O)Nc2ccccc2F)CC1. The molecule has 0 radical (unpaired) electrons. The number of hydrogen-bond acceptors (Lipinski definition) is 4. The molecule has 2 amide bonds. The van der Waals surface area contributed by atoms with Crippen molar-refractivity contribution in [3.05, 3.63) is 54.0 Å². The molecule has 1 fully saturated rings. The van der Waals surface area contributed by atoms with Crippen molar-refractivity contribution in [3.63, 3.8) is 0 Å². The Kier molecular flexibility index (Phi) is 5.64. The Balaban J connectivity index is 1.46. The zero-order valence-electron chi connectivity index (χ0n) is 14.3. The fourth-order valence-electron chi connectivity index (χ4n) is 3.05. The first-order valence-electron chi connectivity index (χ1n) is 8.57. The first-order valence-corrected chi connectivity index (χ1v) is 8.57. The molecule has 0 unspecified atom stereocenters. The molecule has 1 saturated heterocycles. The molecule has 0 bridgehead atoms. The zero-order chi connectivity index (χ0) is 18.4. The second kappa shape index (κ2) is 8.30. The predicted octanol–water partition coefficient (Wildman–Crippen LogP) is 3.13. The van der Waals surface area contributed by atoms with Crippen LogP contribution in [0.3, 0.4) is 0 Å².